The molecule has 0 bridgehead atoms. The number of carbonyl (C=O) groups is 2. The van der Waals surface area contributed by atoms with E-state index < -0.39 is 23.0 Å². The number of ether oxygens (including phenoxy) is 1. The Balaban J connectivity index is 1.87. The predicted octanol–water partition coefficient (Wildman–Crippen LogP) is 3.17. The summed E-state index contributed by atoms with van der Waals surface area (Å²) in [4.78, 5) is 37.9. The summed E-state index contributed by atoms with van der Waals surface area (Å²) in [5, 5.41) is 14.3. The Kier molecular flexibility index (Phi) is 6.40. The van der Waals surface area contributed by atoms with Crippen LogP contribution in [0.5, 0.6) is 0 Å². The van der Waals surface area contributed by atoms with E-state index in [1.54, 1.807) is 54.4 Å². The molecule has 8 nitrogen and oxygen atoms in total. The van der Waals surface area contributed by atoms with Crippen LogP contribution in [-0.4, -0.2) is 47.1 Å². The minimum Gasteiger partial charge on any atom is -0.456 e. The molecule has 1 amide bonds. The number of carbonyl (C=O) groups excluding carboxylic acids is 2. The number of nitro benzene ring substituents is 1. The number of non-ortho nitro benzene ring substituents is 1. The largest absolute Gasteiger partial charge is 0.456 e. The second kappa shape index (κ2) is 8.85. The van der Waals surface area contributed by atoms with Gasteiger partial charge in [0.1, 0.15) is 12.1 Å². The van der Waals surface area contributed by atoms with E-state index in [2.05, 4.69) is 5.32 Å². The third kappa shape index (κ3) is 5.08. The Hall–Kier alpha value is -3.26. The summed E-state index contributed by atoms with van der Waals surface area (Å²) in [5.74, 6) is -0.684. The molecule has 0 saturated carbocycles. The molecule has 2 aromatic rings. The third-order valence-corrected chi connectivity index (χ3v) is 5.38. The number of hydrogen-bond donors (Lipinski definition) is 1. The zero-order chi connectivity index (χ0) is 22.8. The lowest BCUT2D eigenvalue weighted by atomic mass is 9.92. The van der Waals surface area contributed by atoms with Gasteiger partial charge in [-0.05, 0) is 23.1 Å². The highest BCUT2D eigenvalue weighted by Crippen LogP contribution is 2.29. The molecular weight excluding hydrogens is 398 g/mol. The van der Waals surface area contributed by atoms with Gasteiger partial charge in [0.2, 0.25) is 5.91 Å². The molecule has 0 aliphatic carbocycles. The molecule has 0 unspecified atom stereocenters. The van der Waals surface area contributed by atoms with E-state index in [1.165, 1.54) is 12.1 Å². The van der Waals surface area contributed by atoms with Crippen molar-refractivity contribution in [3.05, 3.63) is 75.8 Å². The maximum Gasteiger partial charge on any atom is 0.338 e. The first-order valence-electron chi connectivity index (χ1n) is 10.1. The number of rotatable bonds is 6. The number of nitro groups is 1. The smallest absolute Gasteiger partial charge is 0.338 e. The molecular formula is C23H27N3O5. The molecule has 0 aromatic heterocycles. The molecule has 2 aromatic carbocycles. The van der Waals surface area contributed by atoms with E-state index in [1.807, 2.05) is 20.8 Å². The summed E-state index contributed by atoms with van der Waals surface area (Å²) in [7, 11) is 1.73. The van der Waals surface area contributed by atoms with Crippen LogP contribution >= 0.6 is 0 Å². The van der Waals surface area contributed by atoms with E-state index in [-0.39, 0.29) is 29.6 Å². The molecule has 0 spiro atoms. The fraction of sp³-hybridized carbons (Fsp3) is 0.391. The van der Waals surface area contributed by atoms with Gasteiger partial charge in [-0.15, -0.1) is 0 Å². The first-order chi connectivity index (χ1) is 14.6. The maximum absolute atomic E-state index is 13.0. The number of nitrogens with one attached hydrogen (secondary N) is 1. The van der Waals surface area contributed by atoms with Crippen LogP contribution < -0.4 is 5.32 Å². The van der Waals surface area contributed by atoms with Crippen LogP contribution in [-0.2, 0) is 16.0 Å². The fourth-order valence-electron chi connectivity index (χ4n) is 3.79. The Morgan fingerprint density at radius 2 is 1.77 bits per heavy atom. The van der Waals surface area contributed by atoms with Gasteiger partial charge in [-0.25, -0.2) is 4.79 Å². The average Bonchev–Trinajstić information content (AvgIpc) is 3.03. The quantitative estimate of drug-likeness (QED) is 0.433. The van der Waals surface area contributed by atoms with Crippen molar-refractivity contribution in [3.63, 3.8) is 0 Å². The molecule has 164 valence electrons. The number of amides is 1. The standard InChI is InChI=1S/C23H27N3O5/c1-23(2,3)22-24-19(20(27)25(22)4)18(31-21(28)16-8-6-5-7-9-16)14-15-10-12-17(13-11-15)26(29)30/h5-13,18-19,22,24H,14H2,1-4H3/t18-,19-,22-/m0/s1. The van der Waals surface area contributed by atoms with Gasteiger partial charge < -0.3 is 9.64 Å². The summed E-state index contributed by atoms with van der Waals surface area (Å²) >= 11 is 0. The zero-order valence-electron chi connectivity index (χ0n) is 18.1. The number of esters is 1. The third-order valence-electron chi connectivity index (χ3n) is 5.38. The summed E-state index contributed by atoms with van der Waals surface area (Å²) in [6.45, 7) is 6.08. The van der Waals surface area contributed by atoms with Gasteiger partial charge in [-0.2, -0.15) is 0 Å². The van der Waals surface area contributed by atoms with Crippen molar-refractivity contribution in [2.24, 2.45) is 5.41 Å². The topological polar surface area (TPSA) is 102 Å². The molecule has 1 heterocycles. The lowest BCUT2D eigenvalue weighted by Crippen LogP contribution is -2.48. The summed E-state index contributed by atoms with van der Waals surface area (Å²) in [6.07, 6.45) is -0.763. The molecule has 31 heavy (non-hydrogen) atoms. The monoisotopic (exact) mass is 425 g/mol. The first-order valence-corrected chi connectivity index (χ1v) is 10.1. The Labute approximate surface area is 181 Å². The van der Waals surface area contributed by atoms with E-state index >= 15 is 0 Å². The number of nitrogens with zero attached hydrogens (tertiary/aromatic N) is 2. The van der Waals surface area contributed by atoms with Crippen LogP contribution in [0.2, 0.25) is 0 Å². The zero-order valence-corrected chi connectivity index (χ0v) is 18.1. The first kappa shape index (κ1) is 22.4. The normalized spacial score (nSPS) is 19.9. The molecule has 8 heteroatoms. The van der Waals surface area contributed by atoms with Crippen LogP contribution in [0.4, 0.5) is 5.69 Å². The molecule has 0 radical (unpaired) electrons. The van der Waals surface area contributed by atoms with Crippen LogP contribution in [0.1, 0.15) is 36.7 Å². The van der Waals surface area contributed by atoms with Crippen molar-refractivity contribution in [1.29, 1.82) is 0 Å². The van der Waals surface area contributed by atoms with Gasteiger partial charge >= 0.3 is 5.97 Å². The molecule has 3 rings (SSSR count). The summed E-state index contributed by atoms with van der Waals surface area (Å²) < 4.78 is 5.80. The summed E-state index contributed by atoms with van der Waals surface area (Å²) in [6, 6.07) is 13.9. The lowest BCUT2D eigenvalue weighted by molar-refractivity contribution is -0.384. The van der Waals surface area contributed by atoms with Gasteiger partial charge in [0, 0.05) is 25.6 Å². The molecule has 1 N–H and O–H groups in total. The molecule has 1 fully saturated rings. The van der Waals surface area contributed by atoms with Crippen molar-refractivity contribution in [3.8, 4) is 0 Å². The minimum atomic E-state index is -0.781. The fourth-order valence-corrected chi connectivity index (χ4v) is 3.79. The van der Waals surface area contributed by atoms with Crippen molar-refractivity contribution in [1.82, 2.24) is 10.2 Å². The Morgan fingerprint density at radius 1 is 1.16 bits per heavy atom. The number of hydrogen-bond acceptors (Lipinski definition) is 6. The van der Waals surface area contributed by atoms with E-state index in [0.29, 0.717) is 5.56 Å². The second-order valence-electron chi connectivity index (χ2n) is 8.80. The minimum absolute atomic E-state index is 0.0239. The van der Waals surface area contributed by atoms with Gasteiger partial charge in [0.05, 0.1) is 16.7 Å². The lowest BCUT2D eigenvalue weighted by Gasteiger charge is -2.32. The highest BCUT2D eigenvalue weighted by molar-refractivity contribution is 5.90. The van der Waals surface area contributed by atoms with Gasteiger partial charge in [-0.1, -0.05) is 51.1 Å². The molecule has 1 saturated heterocycles. The van der Waals surface area contributed by atoms with E-state index in [4.69, 9.17) is 4.74 Å². The molecule has 1 aliphatic heterocycles. The van der Waals surface area contributed by atoms with E-state index in [0.717, 1.165) is 5.56 Å². The maximum atomic E-state index is 13.0. The van der Waals surface area contributed by atoms with Gasteiger partial charge in [-0.3, -0.25) is 20.2 Å². The Morgan fingerprint density at radius 3 is 2.29 bits per heavy atom. The average molecular weight is 425 g/mol. The van der Waals surface area contributed by atoms with Crippen LogP contribution in [0, 0.1) is 15.5 Å². The molecule has 1 aliphatic rings. The van der Waals surface area contributed by atoms with Crippen molar-refractivity contribution in [2.45, 2.75) is 45.5 Å². The van der Waals surface area contributed by atoms with Crippen molar-refractivity contribution in [2.75, 3.05) is 7.05 Å². The van der Waals surface area contributed by atoms with Gasteiger partial charge in [0.25, 0.3) is 5.69 Å². The predicted molar refractivity (Wildman–Crippen MR) is 115 cm³/mol. The van der Waals surface area contributed by atoms with Crippen LogP contribution in [0.3, 0.4) is 0 Å². The van der Waals surface area contributed by atoms with Crippen LogP contribution in [0.15, 0.2) is 54.6 Å². The molecule has 3 atom stereocenters. The number of benzene rings is 2. The summed E-state index contributed by atoms with van der Waals surface area (Å²) in [5.41, 5.74) is 0.875. The van der Waals surface area contributed by atoms with Crippen molar-refractivity contribution >= 4 is 17.6 Å². The highest BCUT2D eigenvalue weighted by Gasteiger charge is 2.46. The SMILES string of the molecule is CN1C(=O)[C@H]([C@H](Cc2ccc([N+](=O)[O-])cc2)OC(=O)c2ccccc2)N[C@@H]1C(C)(C)C. The highest BCUT2D eigenvalue weighted by atomic mass is 16.6. The Bertz CT molecular complexity index is 953. The van der Waals surface area contributed by atoms with Crippen LogP contribution in [0.25, 0.3) is 0 Å². The number of likely N-dealkylation sites (N-methyl/N-ethyl adjacent to an activating group) is 1. The van der Waals surface area contributed by atoms with E-state index in [9.17, 15) is 19.7 Å². The second-order valence-corrected chi connectivity index (χ2v) is 8.80. The van der Waals surface area contributed by atoms with Gasteiger partial charge in [0.15, 0.2) is 0 Å². The van der Waals surface area contributed by atoms with Crippen molar-refractivity contribution < 1.29 is 19.2 Å².